The second kappa shape index (κ2) is 9.37. The molecule has 0 saturated heterocycles. The van der Waals surface area contributed by atoms with Gasteiger partial charge in [-0.3, -0.25) is 4.79 Å². The molecule has 3 rings (SSSR count). The average molecular weight is 397 g/mol. The number of carbonyl (C=O) groups excluding carboxylic acids is 1. The maximum absolute atomic E-state index is 12.3. The Balaban J connectivity index is 1.68. The number of rotatable bonds is 8. The van der Waals surface area contributed by atoms with Gasteiger partial charge in [-0.05, 0) is 44.2 Å². The summed E-state index contributed by atoms with van der Waals surface area (Å²) in [5, 5.41) is 2.90. The van der Waals surface area contributed by atoms with Crippen LogP contribution in [0.1, 0.15) is 30.5 Å². The van der Waals surface area contributed by atoms with E-state index in [1.165, 1.54) is 6.08 Å². The highest BCUT2D eigenvalue weighted by atomic mass is 16.5. The van der Waals surface area contributed by atoms with Crippen LogP contribution in [-0.2, 0) is 17.8 Å². The first-order chi connectivity index (χ1) is 14.0. The van der Waals surface area contributed by atoms with Crippen LogP contribution in [0.3, 0.4) is 0 Å². The van der Waals surface area contributed by atoms with Crippen molar-refractivity contribution in [2.24, 2.45) is 0 Å². The lowest BCUT2D eigenvalue weighted by Gasteiger charge is -2.13. The third-order valence-corrected chi connectivity index (χ3v) is 4.69. The maximum Gasteiger partial charge on any atom is 0.244 e. The van der Waals surface area contributed by atoms with Crippen molar-refractivity contribution in [1.29, 1.82) is 0 Å². The van der Waals surface area contributed by atoms with Crippen molar-refractivity contribution in [1.82, 2.24) is 5.32 Å². The normalized spacial score (nSPS) is 15.0. The van der Waals surface area contributed by atoms with Crippen molar-refractivity contribution < 1.29 is 23.7 Å². The summed E-state index contributed by atoms with van der Waals surface area (Å²) in [6.07, 6.45) is 4.22. The molecular weight excluding hydrogens is 370 g/mol. The van der Waals surface area contributed by atoms with Crippen LogP contribution in [0, 0.1) is 0 Å². The molecule has 1 heterocycles. The Morgan fingerprint density at radius 2 is 2.03 bits per heavy atom. The molecule has 1 aliphatic rings. The molecule has 6 heteroatoms. The SMILES string of the molecule is CCOc1cc2c(cc1CNC(=O)/C=C/c1ccc(OC)cc1OC)O[C@@H](C)C2. The van der Waals surface area contributed by atoms with E-state index in [0.29, 0.717) is 24.7 Å². The first-order valence-corrected chi connectivity index (χ1v) is 9.67. The number of hydrogen-bond acceptors (Lipinski definition) is 5. The van der Waals surface area contributed by atoms with Gasteiger partial charge < -0.3 is 24.3 Å². The molecule has 0 fully saturated rings. The molecule has 0 saturated carbocycles. The van der Waals surface area contributed by atoms with Gasteiger partial charge in [0.2, 0.25) is 5.91 Å². The van der Waals surface area contributed by atoms with Gasteiger partial charge in [0.1, 0.15) is 29.1 Å². The van der Waals surface area contributed by atoms with Crippen molar-refractivity contribution in [2.45, 2.75) is 32.9 Å². The Morgan fingerprint density at radius 1 is 1.21 bits per heavy atom. The lowest BCUT2D eigenvalue weighted by Crippen LogP contribution is -2.20. The molecule has 0 radical (unpaired) electrons. The van der Waals surface area contributed by atoms with Crippen molar-refractivity contribution in [2.75, 3.05) is 20.8 Å². The summed E-state index contributed by atoms with van der Waals surface area (Å²) in [4.78, 5) is 12.3. The average Bonchev–Trinajstić information content (AvgIpc) is 3.09. The van der Waals surface area contributed by atoms with Gasteiger partial charge in [-0.25, -0.2) is 0 Å². The van der Waals surface area contributed by atoms with Gasteiger partial charge in [-0.2, -0.15) is 0 Å². The molecular formula is C23H27NO5. The molecule has 0 aromatic heterocycles. The Hall–Kier alpha value is -3.15. The highest BCUT2D eigenvalue weighted by Gasteiger charge is 2.21. The molecule has 0 unspecified atom stereocenters. The molecule has 6 nitrogen and oxygen atoms in total. The number of carbonyl (C=O) groups is 1. The minimum atomic E-state index is -0.208. The summed E-state index contributed by atoms with van der Waals surface area (Å²) in [6, 6.07) is 9.41. The van der Waals surface area contributed by atoms with Crippen molar-refractivity contribution >= 4 is 12.0 Å². The first-order valence-electron chi connectivity index (χ1n) is 9.67. The predicted molar refractivity (Wildman–Crippen MR) is 112 cm³/mol. The molecule has 2 aromatic rings. The number of amides is 1. The number of fused-ring (bicyclic) bond motifs is 1. The van der Waals surface area contributed by atoms with E-state index >= 15 is 0 Å². The summed E-state index contributed by atoms with van der Waals surface area (Å²) in [5.74, 6) is 2.77. The van der Waals surface area contributed by atoms with Crippen molar-refractivity contribution in [3.05, 3.63) is 53.1 Å². The topological polar surface area (TPSA) is 66.0 Å². The molecule has 2 aromatic carbocycles. The van der Waals surface area contributed by atoms with E-state index in [-0.39, 0.29) is 12.0 Å². The fraction of sp³-hybridized carbons (Fsp3) is 0.348. The third kappa shape index (κ3) is 5.02. The van der Waals surface area contributed by atoms with Gasteiger partial charge in [-0.1, -0.05) is 0 Å². The summed E-state index contributed by atoms with van der Waals surface area (Å²) in [5.41, 5.74) is 2.82. The molecule has 1 atom stereocenters. The van der Waals surface area contributed by atoms with E-state index < -0.39 is 0 Å². The minimum absolute atomic E-state index is 0.159. The largest absolute Gasteiger partial charge is 0.497 e. The molecule has 0 spiro atoms. The zero-order valence-electron chi connectivity index (χ0n) is 17.3. The number of nitrogens with one attached hydrogen (secondary N) is 1. The molecule has 0 aliphatic carbocycles. The third-order valence-electron chi connectivity index (χ3n) is 4.69. The minimum Gasteiger partial charge on any atom is -0.497 e. The zero-order valence-corrected chi connectivity index (χ0v) is 17.3. The Kier molecular flexibility index (Phi) is 6.65. The lowest BCUT2D eigenvalue weighted by atomic mass is 10.1. The van der Waals surface area contributed by atoms with Crippen LogP contribution < -0.4 is 24.3 Å². The molecule has 1 N–H and O–H groups in total. The molecule has 29 heavy (non-hydrogen) atoms. The monoisotopic (exact) mass is 397 g/mol. The summed E-state index contributed by atoms with van der Waals surface area (Å²) in [6.45, 7) is 4.90. The summed E-state index contributed by atoms with van der Waals surface area (Å²) in [7, 11) is 3.18. The van der Waals surface area contributed by atoms with Crippen LogP contribution in [0.2, 0.25) is 0 Å². The number of methoxy groups -OCH3 is 2. The fourth-order valence-electron chi connectivity index (χ4n) is 3.27. The van der Waals surface area contributed by atoms with Crippen LogP contribution in [-0.4, -0.2) is 32.8 Å². The molecule has 1 aliphatic heterocycles. The Morgan fingerprint density at radius 3 is 2.76 bits per heavy atom. The lowest BCUT2D eigenvalue weighted by molar-refractivity contribution is -0.116. The van der Waals surface area contributed by atoms with Gasteiger partial charge in [-0.15, -0.1) is 0 Å². The van der Waals surface area contributed by atoms with Crippen LogP contribution >= 0.6 is 0 Å². The van der Waals surface area contributed by atoms with E-state index in [1.807, 2.05) is 38.1 Å². The quantitative estimate of drug-likeness (QED) is 0.687. The fourth-order valence-corrected chi connectivity index (χ4v) is 3.27. The van der Waals surface area contributed by atoms with E-state index in [9.17, 15) is 4.79 Å². The van der Waals surface area contributed by atoms with Crippen molar-refractivity contribution in [3.8, 4) is 23.0 Å². The molecule has 1 amide bonds. The highest BCUT2D eigenvalue weighted by molar-refractivity contribution is 5.92. The van der Waals surface area contributed by atoms with Crippen molar-refractivity contribution in [3.63, 3.8) is 0 Å². The zero-order chi connectivity index (χ0) is 20.8. The van der Waals surface area contributed by atoms with Crippen LogP contribution in [0.25, 0.3) is 6.08 Å². The van der Waals surface area contributed by atoms with Gasteiger partial charge in [0.05, 0.1) is 20.8 Å². The van der Waals surface area contributed by atoms with Crippen LogP contribution in [0.5, 0.6) is 23.0 Å². The van der Waals surface area contributed by atoms with Crippen LogP contribution in [0.4, 0.5) is 0 Å². The molecule has 0 bridgehead atoms. The number of hydrogen-bond donors (Lipinski definition) is 1. The predicted octanol–water partition coefficient (Wildman–Crippen LogP) is 3.76. The van der Waals surface area contributed by atoms with E-state index in [1.54, 1.807) is 26.4 Å². The van der Waals surface area contributed by atoms with E-state index in [0.717, 1.165) is 34.6 Å². The first kappa shape index (κ1) is 20.6. The number of benzene rings is 2. The maximum atomic E-state index is 12.3. The Labute approximate surface area is 171 Å². The van der Waals surface area contributed by atoms with Gasteiger partial charge in [0.25, 0.3) is 0 Å². The van der Waals surface area contributed by atoms with Gasteiger partial charge in [0.15, 0.2) is 0 Å². The van der Waals surface area contributed by atoms with Gasteiger partial charge in [0, 0.05) is 41.8 Å². The highest BCUT2D eigenvalue weighted by Crippen LogP contribution is 2.35. The van der Waals surface area contributed by atoms with E-state index in [4.69, 9.17) is 18.9 Å². The second-order valence-electron chi connectivity index (χ2n) is 6.79. The molecule has 154 valence electrons. The van der Waals surface area contributed by atoms with E-state index in [2.05, 4.69) is 5.32 Å². The number of ether oxygens (including phenoxy) is 4. The summed E-state index contributed by atoms with van der Waals surface area (Å²) >= 11 is 0. The standard InChI is InChI=1S/C23H27NO5/c1-5-28-21-11-17-10-15(2)29-22(17)12-18(21)14-24-23(25)9-7-16-6-8-19(26-3)13-20(16)27-4/h6-9,11-13,15H,5,10,14H2,1-4H3,(H,24,25)/b9-7+/t15-/m0/s1. The summed E-state index contributed by atoms with van der Waals surface area (Å²) < 4.78 is 22.1. The van der Waals surface area contributed by atoms with Gasteiger partial charge >= 0.3 is 0 Å². The smallest absolute Gasteiger partial charge is 0.244 e. The second-order valence-corrected chi connectivity index (χ2v) is 6.79. The Bertz CT molecular complexity index is 906. The van der Waals surface area contributed by atoms with Crippen LogP contribution in [0.15, 0.2) is 36.4 Å².